The van der Waals surface area contributed by atoms with E-state index in [2.05, 4.69) is 44.3 Å². The highest BCUT2D eigenvalue weighted by atomic mass is 32.2. The average molecular weight is 520 g/mol. The Labute approximate surface area is 224 Å². The van der Waals surface area contributed by atoms with Gasteiger partial charge >= 0.3 is 0 Å². The minimum Gasteiger partial charge on any atom is -0.493 e. The largest absolute Gasteiger partial charge is 0.493 e. The molecule has 0 aromatic heterocycles. The second-order valence-electron chi connectivity index (χ2n) is 9.64. The van der Waals surface area contributed by atoms with E-state index in [1.807, 2.05) is 54.6 Å². The highest BCUT2D eigenvalue weighted by Gasteiger charge is 2.43. The van der Waals surface area contributed by atoms with Crippen molar-refractivity contribution in [1.82, 2.24) is 5.32 Å². The first kappa shape index (κ1) is 26.9. The second kappa shape index (κ2) is 12.9. The lowest BCUT2D eigenvalue weighted by Crippen LogP contribution is -2.41. The third-order valence-corrected chi connectivity index (χ3v) is 7.81. The fourth-order valence-electron chi connectivity index (χ4n) is 4.76. The number of para-hydroxylation sites is 1. The molecule has 1 aliphatic heterocycles. The third kappa shape index (κ3) is 7.22. The van der Waals surface area contributed by atoms with Crippen LogP contribution >= 0.6 is 11.8 Å². The van der Waals surface area contributed by atoms with Crippen LogP contribution in [0.3, 0.4) is 0 Å². The summed E-state index contributed by atoms with van der Waals surface area (Å²) in [6.45, 7) is 7.58. The van der Waals surface area contributed by atoms with Crippen LogP contribution in [-0.4, -0.2) is 24.0 Å². The minimum absolute atomic E-state index is 0.0477. The number of thioether (sulfide) groups is 1. The van der Waals surface area contributed by atoms with Crippen LogP contribution in [0.2, 0.25) is 0 Å². The maximum absolute atomic E-state index is 12.1. The van der Waals surface area contributed by atoms with Gasteiger partial charge in [-0.2, -0.15) is 0 Å². The number of hydrogen-bond donors (Lipinski definition) is 1. The zero-order chi connectivity index (χ0) is 26.1. The quantitative estimate of drug-likeness (QED) is 0.230. The summed E-state index contributed by atoms with van der Waals surface area (Å²) in [4.78, 5) is 12.1. The molecule has 0 saturated carbocycles. The number of hydrogen-bond acceptors (Lipinski definition) is 5. The molecule has 1 amide bonds. The van der Waals surface area contributed by atoms with E-state index in [1.54, 1.807) is 0 Å². The van der Waals surface area contributed by atoms with Crippen molar-refractivity contribution in [2.75, 3.05) is 13.2 Å². The highest BCUT2D eigenvalue weighted by molar-refractivity contribution is 8.14. The van der Waals surface area contributed by atoms with Gasteiger partial charge in [0.25, 0.3) is 5.24 Å². The molecule has 196 valence electrons. The van der Waals surface area contributed by atoms with E-state index >= 15 is 0 Å². The van der Waals surface area contributed by atoms with Crippen molar-refractivity contribution in [3.8, 4) is 23.0 Å². The molecule has 0 aliphatic carbocycles. The summed E-state index contributed by atoms with van der Waals surface area (Å²) in [6.07, 6.45) is 4.69. The fourth-order valence-corrected chi connectivity index (χ4v) is 5.99. The monoisotopic (exact) mass is 519 g/mol. The van der Waals surface area contributed by atoms with Gasteiger partial charge < -0.3 is 19.5 Å². The fraction of sp³-hybridized carbons (Fsp3) is 0.387. The van der Waals surface area contributed by atoms with Crippen molar-refractivity contribution in [2.45, 2.75) is 63.7 Å². The van der Waals surface area contributed by atoms with Crippen molar-refractivity contribution in [2.24, 2.45) is 0 Å². The Morgan fingerprint density at radius 3 is 2.43 bits per heavy atom. The van der Waals surface area contributed by atoms with E-state index in [-0.39, 0.29) is 16.0 Å². The number of amides is 1. The van der Waals surface area contributed by atoms with Gasteiger partial charge in [-0.05, 0) is 73.4 Å². The Morgan fingerprint density at radius 2 is 1.65 bits per heavy atom. The highest BCUT2D eigenvalue weighted by Crippen LogP contribution is 2.47. The molecule has 1 aliphatic rings. The van der Waals surface area contributed by atoms with Crippen LogP contribution in [0.5, 0.6) is 23.0 Å². The number of aryl methyl sites for hydroxylation is 1. The normalized spacial score (nSPS) is 18.9. The molecule has 37 heavy (non-hydrogen) atoms. The molecule has 2 atom stereocenters. The number of nitrogens with one attached hydrogen (secondary N) is 1. The molecule has 2 unspecified atom stereocenters. The molecule has 6 heteroatoms. The lowest BCUT2D eigenvalue weighted by atomic mass is 9.88. The first-order valence-corrected chi connectivity index (χ1v) is 14.1. The Bertz CT molecular complexity index is 1170. The molecular formula is C31H37NO4S. The Morgan fingerprint density at radius 1 is 0.865 bits per heavy atom. The second-order valence-corrected chi connectivity index (χ2v) is 10.7. The molecule has 3 aromatic carbocycles. The number of carbonyl (C=O) groups is 1. The molecule has 3 aromatic rings. The van der Waals surface area contributed by atoms with Crippen molar-refractivity contribution in [1.29, 1.82) is 0 Å². The summed E-state index contributed by atoms with van der Waals surface area (Å²) >= 11 is 1.38. The summed E-state index contributed by atoms with van der Waals surface area (Å²) < 4.78 is 18.2. The predicted octanol–water partition coefficient (Wildman–Crippen LogP) is 8.34. The number of carbonyl (C=O) groups excluding carboxylic acids is 1. The Balaban J connectivity index is 1.29. The van der Waals surface area contributed by atoms with Gasteiger partial charge in [-0.1, -0.05) is 68.8 Å². The van der Waals surface area contributed by atoms with Gasteiger partial charge in [0, 0.05) is 6.42 Å². The number of ether oxygens (including phenoxy) is 3. The van der Waals surface area contributed by atoms with Crippen LogP contribution in [0, 0.1) is 0 Å². The molecule has 1 heterocycles. The van der Waals surface area contributed by atoms with Crippen molar-refractivity contribution >= 4 is 17.0 Å². The smallest absolute Gasteiger partial charge is 0.280 e. The predicted molar refractivity (Wildman–Crippen MR) is 151 cm³/mol. The summed E-state index contributed by atoms with van der Waals surface area (Å²) in [5.41, 5.74) is 2.04. The van der Waals surface area contributed by atoms with E-state index in [4.69, 9.17) is 14.2 Å². The first-order valence-electron chi connectivity index (χ1n) is 13.2. The number of benzene rings is 3. The zero-order valence-electron chi connectivity index (χ0n) is 22.0. The van der Waals surface area contributed by atoms with Gasteiger partial charge in [-0.25, -0.2) is 0 Å². The van der Waals surface area contributed by atoms with E-state index in [0.717, 1.165) is 66.2 Å². The summed E-state index contributed by atoms with van der Waals surface area (Å²) in [5, 5.41) is 3.29. The number of rotatable bonds is 13. The van der Waals surface area contributed by atoms with Crippen molar-refractivity contribution in [3.63, 3.8) is 0 Å². The van der Waals surface area contributed by atoms with E-state index < -0.39 is 0 Å². The lowest BCUT2D eigenvalue weighted by Gasteiger charge is -2.30. The van der Waals surface area contributed by atoms with Gasteiger partial charge in [0.05, 0.1) is 24.0 Å². The van der Waals surface area contributed by atoms with Crippen LogP contribution in [0.1, 0.15) is 62.8 Å². The van der Waals surface area contributed by atoms with Gasteiger partial charge in [-0.3, -0.25) is 4.79 Å². The SMILES string of the molecule is CCCc1cc(Oc2ccccc2)ccc1OCCCOc1cccc(C2SC(=O)NC2(C)CCC)c1. The molecule has 1 N–H and O–H groups in total. The van der Waals surface area contributed by atoms with Gasteiger partial charge in [0.2, 0.25) is 0 Å². The van der Waals surface area contributed by atoms with Crippen LogP contribution < -0.4 is 19.5 Å². The van der Waals surface area contributed by atoms with E-state index in [1.165, 1.54) is 11.8 Å². The molecule has 0 spiro atoms. The maximum atomic E-state index is 12.1. The maximum Gasteiger partial charge on any atom is 0.280 e. The molecule has 0 radical (unpaired) electrons. The van der Waals surface area contributed by atoms with Gasteiger partial charge in [-0.15, -0.1) is 0 Å². The van der Waals surface area contributed by atoms with Crippen LogP contribution in [0.15, 0.2) is 72.8 Å². The lowest BCUT2D eigenvalue weighted by molar-refractivity contribution is 0.245. The first-order chi connectivity index (χ1) is 18.0. The minimum atomic E-state index is -0.235. The summed E-state index contributed by atoms with van der Waals surface area (Å²) in [6, 6.07) is 24.0. The summed E-state index contributed by atoms with van der Waals surface area (Å²) in [7, 11) is 0. The standard InChI is InChI=1S/C31H37NO4S/c1-4-11-23-21-27(36-25-13-7-6-8-14-25)16-17-28(23)35-20-10-19-34-26-15-9-12-24(22-26)29-31(3,18-5-2)32-30(33)37-29/h6-9,12-17,21-22,29H,4-5,10-11,18-20H2,1-3H3,(H,32,33). The molecule has 0 bridgehead atoms. The zero-order valence-corrected chi connectivity index (χ0v) is 22.8. The van der Waals surface area contributed by atoms with Crippen LogP contribution in [-0.2, 0) is 6.42 Å². The molecule has 1 fully saturated rings. The van der Waals surface area contributed by atoms with Crippen molar-refractivity contribution < 1.29 is 19.0 Å². The molecule has 5 nitrogen and oxygen atoms in total. The van der Waals surface area contributed by atoms with E-state index in [0.29, 0.717) is 13.2 Å². The summed E-state index contributed by atoms with van der Waals surface area (Å²) in [5.74, 6) is 3.36. The van der Waals surface area contributed by atoms with Crippen LogP contribution in [0.25, 0.3) is 0 Å². The van der Waals surface area contributed by atoms with Gasteiger partial charge in [0.15, 0.2) is 0 Å². The van der Waals surface area contributed by atoms with E-state index in [9.17, 15) is 4.79 Å². The average Bonchev–Trinajstić information content (AvgIpc) is 3.19. The molecular weight excluding hydrogens is 482 g/mol. The third-order valence-electron chi connectivity index (χ3n) is 6.47. The van der Waals surface area contributed by atoms with Gasteiger partial charge in [0.1, 0.15) is 23.0 Å². The topological polar surface area (TPSA) is 56.8 Å². The molecule has 4 rings (SSSR count). The Hall–Kier alpha value is -3.12. The van der Waals surface area contributed by atoms with Crippen LogP contribution in [0.4, 0.5) is 4.79 Å². The molecule has 1 saturated heterocycles. The van der Waals surface area contributed by atoms with Crippen molar-refractivity contribution in [3.05, 3.63) is 83.9 Å². The Kier molecular flexibility index (Phi) is 9.40.